The van der Waals surface area contributed by atoms with E-state index in [9.17, 15) is 4.79 Å². The van der Waals surface area contributed by atoms with Crippen molar-refractivity contribution in [1.29, 1.82) is 0 Å². The molecule has 0 radical (unpaired) electrons. The van der Waals surface area contributed by atoms with E-state index in [-0.39, 0.29) is 11.9 Å². The van der Waals surface area contributed by atoms with Crippen molar-refractivity contribution < 1.29 is 9.53 Å². The number of anilines is 1. The highest BCUT2D eigenvalue weighted by atomic mass is 16.5. The molecule has 1 aromatic heterocycles. The number of carbonyl (C=O) groups is 1. The van der Waals surface area contributed by atoms with Crippen molar-refractivity contribution in [2.75, 3.05) is 25.1 Å². The number of carbonyl (C=O) groups excluding carboxylic acids is 1. The minimum absolute atomic E-state index is 0.0152. The Hall–Kier alpha value is -1.62. The third-order valence-electron chi connectivity index (χ3n) is 3.62. The molecule has 5 heteroatoms. The summed E-state index contributed by atoms with van der Waals surface area (Å²) in [5, 5.41) is 6.35. The number of nitrogens with one attached hydrogen (secondary N) is 2. The SMILES string of the molecule is CCCNc1cc(C(=O)NC2CCOCC2)cc(CC)n1. The fourth-order valence-electron chi connectivity index (χ4n) is 2.35. The molecule has 0 atom stereocenters. The van der Waals surface area contributed by atoms with Crippen molar-refractivity contribution in [2.24, 2.45) is 0 Å². The summed E-state index contributed by atoms with van der Waals surface area (Å²) in [6.07, 6.45) is 3.62. The molecule has 2 rings (SSSR count). The zero-order valence-electron chi connectivity index (χ0n) is 12.9. The standard InChI is InChI=1S/C16H25N3O2/c1-3-7-17-15-11-12(10-13(4-2)18-15)16(20)19-14-5-8-21-9-6-14/h10-11,14H,3-9H2,1-2H3,(H,17,18)(H,19,20). The van der Waals surface area contributed by atoms with Gasteiger partial charge < -0.3 is 15.4 Å². The second-order valence-electron chi connectivity index (χ2n) is 5.37. The van der Waals surface area contributed by atoms with Gasteiger partial charge in [-0.3, -0.25) is 4.79 Å². The summed E-state index contributed by atoms with van der Waals surface area (Å²) in [7, 11) is 0. The van der Waals surface area contributed by atoms with E-state index in [1.165, 1.54) is 0 Å². The van der Waals surface area contributed by atoms with Crippen LogP contribution in [0.4, 0.5) is 5.82 Å². The van der Waals surface area contributed by atoms with Crippen molar-refractivity contribution >= 4 is 11.7 Å². The van der Waals surface area contributed by atoms with Crippen LogP contribution in [0.2, 0.25) is 0 Å². The van der Waals surface area contributed by atoms with Gasteiger partial charge in [-0.15, -0.1) is 0 Å². The van der Waals surface area contributed by atoms with Gasteiger partial charge >= 0.3 is 0 Å². The maximum Gasteiger partial charge on any atom is 0.251 e. The minimum Gasteiger partial charge on any atom is -0.381 e. The predicted octanol–water partition coefficient (Wildman–Crippen LogP) is 2.37. The van der Waals surface area contributed by atoms with Crippen LogP contribution in [0.15, 0.2) is 12.1 Å². The van der Waals surface area contributed by atoms with E-state index < -0.39 is 0 Å². The first-order valence-electron chi connectivity index (χ1n) is 7.86. The van der Waals surface area contributed by atoms with Gasteiger partial charge in [-0.1, -0.05) is 13.8 Å². The Balaban J connectivity index is 2.07. The number of hydrogen-bond acceptors (Lipinski definition) is 4. The molecular formula is C16H25N3O2. The molecule has 2 N–H and O–H groups in total. The normalized spacial score (nSPS) is 15.7. The Morgan fingerprint density at radius 3 is 2.76 bits per heavy atom. The molecule has 116 valence electrons. The fourth-order valence-corrected chi connectivity index (χ4v) is 2.35. The Morgan fingerprint density at radius 2 is 2.10 bits per heavy atom. The molecule has 21 heavy (non-hydrogen) atoms. The second-order valence-corrected chi connectivity index (χ2v) is 5.37. The minimum atomic E-state index is -0.0152. The Bertz CT molecular complexity index is 471. The summed E-state index contributed by atoms with van der Waals surface area (Å²) < 4.78 is 5.32. The van der Waals surface area contributed by atoms with Gasteiger partial charge in [-0.2, -0.15) is 0 Å². The second kappa shape index (κ2) is 7.98. The lowest BCUT2D eigenvalue weighted by Gasteiger charge is -2.23. The van der Waals surface area contributed by atoms with Gasteiger partial charge in [0.05, 0.1) is 0 Å². The molecule has 0 saturated carbocycles. The maximum absolute atomic E-state index is 12.4. The molecule has 1 saturated heterocycles. The fraction of sp³-hybridized carbons (Fsp3) is 0.625. The quantitative estimate of drug-likeness (QED) is 0.844. The smallest absolute Gasteiger partial charge is 0.251 e. The van der Waals surface area contributed by atoms with E-state index in [0.29, 0.717) is 5.56 Å². The van der Waals surface area contributed by atoms with E-state index in [1.54, 1.807) is 0 Å². The molecule has 1 amide bonds. The molecule has 0 bridgehead atoms. The highest BCUT2D eigenvalue weighted by Gasteiger charge is 2.17. The Kier molecular flexibility index (Phi) is 5.99. The topological polar surface area (TPSA) is 63.2 Å². The molecule has 0 aliphatic carbocycles. The van der Waals surface area contributed by atoms with Gasteiger partial charge in [0.25, 0.3) is 5.91 Å². The van der Waals surface area contributed by atoms with E-state index in [2.05, 4.69) is 22.5 Å². The lowest BCUT2D eigenvalue weighted by molar-refractivity contribution is 0.0696. The predicted molar refractivity (Wildman–Crippen MR) is 83.7 cm³/mol. The van der Waals surface area contributed by atoms with E-state index >= 15 is 0 Å². The molecule has 2 heterocycles. The molecule has 1 aromatic rings. The summed E-state index contributed by atoms with van der Waals surface area (Å²) in [5.74, 6) is 0.770. The van der Waals surface area contributed by atoms with Crippen LogP contribution in [-0.4, -0.2) is 36.7 Å². The molecule has 0 aromatic carbocycles. The van der Waals surface area contributed by atoms with Gasteiger partial charge in [0.2, 0.25) is 0 Å². The van der Waals surface area contributed by atoms with Crippen LogP contribution < -0.4 is 10.6 Å². The van der Waals surface area contributed by atoms with Crippen LogP contribution in [0, 0.1) is 0 Å². The largest absolute Gasteiger partial charge is 0.381 e. The van der Waals surface area contributed by atoms with Gasteiger partial charge in [-0.05, 0) is 37.8 Å². The van der Waals surface area contributed by atoms with Crippen LogP contribution in [0.25, 0.3) is 0 Å². The lowest BCUT2D eigenvalue weighted by Crippen LogP contribution is -2.39. The molecule has 1 aliphatic heterocycles. The van der Waals surface area contributed by atoms with Gasteiger partial charge in [0, 0.05) is 37.1 Å². The number of aromatic nitrogens is 1. The molecule has 0 spiro atoms. The third-order valence-corrected chi connectivity index (χ3v) is 3.62. The third kappa shape index (κ3) is 4.70. The van der Waals surface area contributed by atoms with Crippen LogP contribution >= 0.6 is 0 Å². The highest BCUT2D eigenvalue weighted by molar-refractivity contribution is 5.95. The van der Waals surface area contributed by atoms with Crippen molar-refractivity contribution in [3.05, 3.63) is 23.4 Å². The van der Waals surface area contributed by atoms with Crippen LogP contribution in [0.3, 0.4) is 0 Å². The van der Waals surface area contributed by atoms with Crippen LogP contribution in [0.1, 0.15) is 49.2 Å². The monoisotopic (exact) mass is 291 g/mol. The number of nitrogens with zero attached hydrogens (tertiary/aromatic N) is 1. The highest BCUT2D eigenvalue weighted by Crippen LogP contribution is 2.13. The zero-order chi connectivity index (χ0) is 15.1. The summed E-state index contributed by atoms with van der Waals surface area (Å²) >= 11 is 0. The number of hydrogen-bond donors (Lipinski definition) is 2. The molecule has 1 aliphatic rings. The first-order valence-corrected chi connectivity index (χ1v) is 7.86. The molecular weight excluding hydrogens is 266 g/mol. The molecule has 5 nitrogen and oxygen atoms in total. The molecule has 1 fully saturated rings. The van der Waals surface area contributed by atoms with E-state index in [1.807, 2.05) is 19.1 Å². The van der Waals surface area contributed by atoms with Crippen molar-refractivity contribution in [1.82, 2.24) is 10.3 Å². The van der Waals surface area contributed by atoms with Gasteiger partial charge in [0.1, 0.15) is 5.82 Å². The van der Waals surface area contributed by atoms with Crippen molar-refractivity contribution in [3.63, 3.8) is 0 Å². The number of ether oxygens (including phenoxy) is 1. The van der Waals surface area contributed by atoms with E-state index in [0.717, 1.165) is 57.0 Å². The average molecular weight is 291 g/mol. The Labute approximate surface area is 126 Å². The number of amides is 1. The number of aryl methyl sites for hydroxylation is 1. The zero-order valence-corrected chi connectivity index (χ0v) is 12.9. The first kappa shape index (κ1) is 15.8. The lowest BCUT2D eigenvalue weighted by atomic mass is 10.1. The van der Waals surface area contributed by atoms with Crippen molar-refractivity contribution in [2.45, 2.75) is 45.6 Å². The van der Waals surface area contributed by atoms with Gasteiger partial charge in [0.15, 0.2) is 0 Å². The van der Waals surface area contributed by atoms with Crippen molar-refractivity contribution in [3.8, 4) is 0 Å². The van der Waals surface area contributed by atoms with Crippen LogP contribution in [0.5, 0.6) is 0 Å². The number of rotatable bonds is 6. The van der Waals surface area contributed by atoms with Gasteiger partial charge in [-0.25, -0.2) is 4.98 Å². The number of pyridine rings is 1. The first-order chi connectivity index (χ1) is 10.2. The average Bonchev–Trinajstić information content (AvgIpc) is 2.53. The summed E-state index contributed by atoms with van der Waals surface area (Å²) in [6.45, 7) is 6.47. The summed E-state index contributed by atoms with van der Waals surface area (Å²) in [5.41, 5.74) is 1.63. The molecule has 0 unspecified atom stereocenters. The summed E-state index contributed by atoms with van der Waals surface area (Å²) in [6, 6.07) is 3.94. The van der Waals surface area contributed by atoms with Crippen LogP contribution in [-0.2, 0) is 11.2 Å². The van der Waals surface area contributed by atoms with E-state index in [4.69, 9.17) is 4.74 Å². The maximum atomic E-state index is 12.4. The Morgan fingerprint density at radius 1 is 1.33 bits per heavy atom. The summed E-state index contributed by atoms with van der Waals surface area (Å²) in [4.78, 5) is 16.9.